The Hall–Kier alpha value is -1.27. The number of nitrogens with two attached hydrogens (primary N) is 2. The quantitative estimate of drug-likeness (QED) is 0.313. The molecule has 0 fully saturated rings. The number of nitrogens with one attached hydrogen (secondary N) is 1. The van der Waals surface area contributed by atoms with Gasteiger partial charge in [-0.3, -0.25) is 15.2 Å². The molecule has 1 heterocycles. The molecule has 0 aliphatic carbocycles. The smallest absolute Gasteiger partial charge is 0.247 e. The summed E-state index contributed by atoms with van der Waals surface area (Å²) in [6.45, 7) is 3.93. The number of anilines is 1. The molecule has 0 radical (unpaired) electrons. The van der Waals surface area contributed by atoms with Crippen LogP contribution in [-0.2, 0) is 4.79 Å². The summed E-state index contributed by atoms with van der Waals surface area (Å²) in [7, 11) is 0. The van der Waals surface area contributed by atoms with Crippen molar-refractivity contribution < 1.29 is 4.79 Å². The van der Waals surface area contributed by atoms with E-state index in [0.717, 1.165) is 4.90 Å². The van der Waals surface area contributed by atoms with E-state index < -0.39 is 0 Å². The number of nitrogens with zero attached hydrogens (tertiary/aromatic N) is 1. The van der Waals surface area contributed by atoms with Gasteiger partial charge in [0, 0.05) is 11.1 Å². The zero-order valence-electron chi connectivity index (χ0n) is 9.31. The Balaban J connectivity index is 2.84. The van der Waals surface area contributed by atoms with Gasteiger partial charge in [-0.05, 0) is 12.0 Å². The van der Waals surface area contributed by atoms with Crippen LogP contribution in [0.5, 0.6) is 0 Å². The number of nitrogen functional groups attached to an aromatic ring is 1. The SMILES string of the molecule is CC(C)C(Sc1ccncc1N)C(=O)NN. The van der Waals surface area contributed by atoms with E-state index in [1.807, 2.05) is 13.8 Å². The Morgan fingerprint density at radius 2 is 2.25 bits per heavy atom. The van der Waals surface area contributed by atoms with Gasteiger partial charge in [0.15, 0.2) is 0 Å². The number of hydrazine groups is 1. The highest BCUT2D eigenvalue weighted by Crippen LogP contribution is 2.31. The van der Waals surface area contributed by atoms with Crippen LogP contribution in [0.4, 0.5) is 5.69 Å². The molecule has 1 aromatic rings. The fraction of sp³-hybridized carbons (Fsp3) is 0.400. The van der Waals surface area contributed by atoms with Crippen molar-refractivity contribution >= 4 is 23.4 Å². The number of carbonyl (C=O) groups excluding carboxylic acids is 1. The lowest BCUT2D eigenvalue weighted by atomic mass is 10.1. The van der Waals surface area contributed by atoms with Gasteiger partial charge in [-0.2, -0.15) is 0 Å². The van der Waals surface area contributed by atoms with Crippen molar-refractivity contribution in [3.63, 3.8) is 0 Å². The Morgan fingerprint density at radius 1 is 1.56 bits per heavy atom. The molecule has 5 N–H and O–H groups in total. The second-order valence-corrected chi connectivity index (χ2v) is 4.89. The highest BCUT2D eigenvalue weighted by Gasteiger charge is 2.23. The Kier molecular flexibility index (Phi) is 4.57. The molecule has 1 amide bonds. The number of hydrogen-bond acceptors (Lipinski definition) is 5. The third-order valence-corrected chi connectivity index (χ3v) is 3.71. The molecule has 0 aromatic carbocycles. The second kappa shape index (κ2) is 5.72. The van der Waals surface area contributed by atoms with E-state index in [2.05, 4.69) is 10.4 Å². The van der Waals surface area contributed by atoms with Gasteiger partial charge in [-0.1, -0.05) is 13.8 Å². The predicted octanol–water partition coefficient (Wildman–Crippen LogP) is 0.770. The van der Waals surface area contributed by atoms with E-state index in [1.165, 1.54) is 11.8 Å². The molecule has 1 rings (SSSR count). The van der Waals surface area contributed by atoms with Gasteiger partial charge in [0.1, 0.15) is 0 Å². The summed E-state index contributed by atoms with van der Waals surface area (Å²) in [5.41, 5.74) is 8.51. The minimum Gasteiger partial charge on any atom is -0.397 e. The maximum atomic E-state index is 11.6. The number of hydrogen-bond donors (Lipinski definition) is 3. The van der Waals surface area contributed by atoms with Gasteiger partial charge >= 0.3 is 0 Å². The highest BCUT2D eigenvalue weighted by atomic mass is 32.2. The Bertz CT molecular complexity index is 370. The van der Waals surface area contributed by atoms with Crippen LogP contribution in [0, 0.1) is 5.92 Å². The molecule has 16 heavy (non-hydrogen) atoms. The maximum Gasteiger partial charge on any atom is 0.247 e. The van der Waals surface area contributed by atoms with Crippen molar-refractivity contribution in [2.24, 2.45) is 11.8 Å². The monoisotopic (exact) mass is 240 g/mol. The van der Waals surface area contributed by atoms with Crippen molar-refractivity contribution in [2.45, 2.75) is 24.0 Å². The third-order valence-electron chi connectivity index (χ3n) is 2.07. The van der Waals surface area contributed by atoms with Gasteiger partial charge in [0.2, 0.25) is 5.91 Å². The first-order valence-electron chi connectivity index (χ1n) is 4.93. The van der Waals surface area contributed by atoms with Gasteiger partial charge in [-0.15, -0.1) is 11.8 Å². The van der Waals surface area contributed by atoms with E-state index in [4.69, 9.17) is 11.6 Å². The van der Waals surface area contributed by atoms with Crippen molar-refractivity contribution in [3.8, 4) is 0 Å². The number of carbonyl (C=O) groups is 1. The van der Waals surface area contributed by atoms with E-state index >= 15 is 0 Å². The lowest BCUT2D eigenvalue weighted by Crippen LogP contribution is -2.39. The molecule has 1 atom stereocenters. The lowest BCUT2D eigenvalue weighted by Gasteiger charge is -2.18. The van der Waals surface area contributed by atoms with Crippen LogP contribution in [0.1, 0.15) is 13.8 Å². The van der Waals surface area contributed by atoms with E-state index in [0.29, 0.717) is 5.69 Å². The molecule has 0 spiro atoms. The summed E-state index contributed by atoms with van der Waals surface area (Å²) in [6, 6.07) is 1.79. The summed E-state index contributed by atoms with van der Waals surface area (Å²) in [6.07, 6.45) is 3.22. The molecule has 5 nitrogen and oxygen atoms in total. The zero-order valence-corrected chi connectivity index (χ0v) is 10.1. The van der Waals surface area contributed by atoms with Gasteiger partial charge in [0.05, 0.1) is 17.1 Å². The van der Waals surface area contributed by atoms with Crippen molar-refractivity contribution in [2.75, 3.05) is 5.73 Å². The Morgan fingerprint density at radius 3 is 2.75 bits per heavy atom. The first-order chi connectivity index (χ1) is 7.56. The number of amides is 1. The third kappa shape index (κ3) is 3.11. The molecule has 0 saturated carbocycles. The van der Waals surface area contributed by atoms with Crippen molar-refractivity contribution in [1.29, 1.82) is 0 Å². The molecule has 6 heteroatoms. The van der Waals surface area contributed by atoms with Crippen molar-refractivity contribution in [1.82, 2.24) is 10.4 Å². The average Bonchev–Trinajstić information content (AvgIpc) is 2.26. The predicted molar refractivity (Wildman–Crippen MR) is 65.5 cm³/mol. The first-order valence-corrected chi connectivity index (χ1v) is 5.80. The molecule has 88 valence electrons. The fourth-order valence-electron chi connectivity index (χ4n) is 1.21. The number of pyridine rings is 1. The van der Waals surface area contributed by atoms with Crippen LogP contribution in [0.15, 0.2) is 23.4 Å². The number of thioether (sulfide) groups is 1. The zero-order chi connectivity index (χ0) is 12.1. The van der Waals surface area contributed by atoms with Gasteiger partial charge < -0.3 is 5.73 Å². The summed E-state index contributed by atoms with van der Waals surface area (Å²) in [5, 5.41) is -0.255. The average molecular weight is 240 g/mol. The van der Waals surface area contributed by atoms with Crippen LogP contribution >= 0.6 is 11.8 Å². The summed E-state index contributed by atoms with van der Waals surface area (Å²) in [5.74, 6) is 5.12. The summed E-state index contributed by atoms with van der Waals surface area (Å²) >= 11 is 1.40. The molecule has 1 unspecified atom stereocenters. The first kappa shape index (κ1) is 12.8. The largest absolute Gasteiger partial charge is 0.397 e. The molecule has 0 bridgehead atoms. The topological polar surface area (TPSA) is 94.0 Å². The van der Waals surface area contributed by atoms with Gasteiger partial charge in [0.25, 0.3) is 0 Å². The highest BCUT2D eigenvalue weighted by molar-refractivity contribution is 8.00. The molecule has 0 aliphatic heterocycles. The van der Waals surface area contributed by atoms with Gasteiger partial charge in [-0.25, -0.2) is 5.84 Å². The number of aromatic nitrogens is 1. The second-order valence-electron chi connectivity index (χ2n) is 3.70. The van der Waals surface area contributed by atoms with Crippen LogP contribution in [0.3, 0.4) is 0 Å². The fourth-order valence-corrected chi connectivity index (χ4v) is 2.26. The minimum absolute atomic E-state index is 0.168. The Labute approximate surface area is 99.0 Å². The van der Waals surface area contributed by atoms with Crippen molar-refractivity contribution in [3.05, 3.63) is 18.5 Å². The molecule has 0 aliphatic rings. The van der Waals surface area contributed by atoms with Crippen LogP contribution in [0.2, 0.25) is 0 Å². The lowest BCUT2D eigenvalue weighted by molar-refractivity contribution is -0.121. The minimum atomic E-state index is -0.255. The van der Waals surface area contributed by atoms with Crippen LogP contribution in [-0.4, -0.2) is 16.1 Å². The van der Waals surface area contributed by atoms with Crippen LogP contribution < -0.4 is 17.0 Å². The molecular formula is C10H16N4OS. The normalized spacial score (nSPS) is 12.5. The molecule has 1 aromatic heterocycles. The molecule has 0 saturated heterocycles. The van der Waals surface area contributed by atoms with E-state index in [9.17, 15) is 4.79 Å². The van der Waals surface area contributed by atoms with E-state index in [1.54, 1.807) is 18.5 Å². The van der Waals surface area contributed by atoms with E-state index in [-0.39, 0.29) is 17.1 Å². The number of rotatable bonds is 4. The molecular weight excluding hydrogens is 224 g/mol. The summed E-state index contributed by atoms with van der Waals surface area (Å²) < 4.78 is 0. The maximum absolute atomic E-state index is 11.6. The van der Waals surface area contributed by atoms with Crippen LogP contribution in [0.25, 0.3) is 0 Å². The standard InChI is InChI=1S/C10H16N4OS/c1-6(2)9(10(15)14-12)16-8-3-4-13-5-7(8)11/h3-6,9H,11-12H2,1-2H3,(H,14,15). The summed E-state index contributed by atoms with van der Waals surface area (Å²) in [4.78, 5) is 16.3.